The lowest BCUT2D eigenvalue weighted by atomic mass is 10.1. The highest BCUT2D eigenvalue weighted by Gasteiger charge is 2.30. The van der Waals surface area contributed by atoms with Gasteiger partial charge in [0.1, 0.15) is 19.3 Å². The van der Waals surface area contributed by atoms with E-state index in [9.17, 15) is 43.2 Å². The minimum absolute atomic E-state index is 0.0707. The zero-order valence-corrected chi connectivity index (χ0v) is 61.5. The number of aliphatic hydroxyl groups excluding tert-OH is 1. The van der Waals surface area contributed by atoms with Gasteiger partial charge in [0.2, 0.25) is 0 Å². The van der Waals surface area contributed by atoms with Gasteiger partial charge in [-0.25, -0.2) is 9.13 Å². The molecule has 0 amide bonds. The average molecular weight is 1390 g/mol. The van der Waals surface area contributed by atoms with E-state index in [1.165, 1.54) is 38.5 Å². The third kappa shape index (κ3) is 68.0. The van der Waals surface area contributed by atoms with Gasteiger partial charge >= 0.3 is 39.5 Å². The third-order valence-electron chi connectivity index (χ3n) is 14.9. The highest BCUT2D eigenvalue weighted by atomic mass is 31.2. The van der Waals surface area contributed by atoms with Crippen LogP contribution >= 0.6 is 15.6 Å². The normalized spacial score (nSPS) is 14.7. The van der Waals surface area contributed by atoms with Crippen LogP contribution in [0.2, 0.25) is 0 Å². The van der Waals surface area contributed by atoms with Crippen LogP contribution in [0, 0.1) is 0 Å². The summed E-state index contributed by atoms with van der Waals surface area (Å²) >= 11 is 0. The molecule has 0 fully saturated rings. The molecule has 550 valence electrons. The predicted molar refractivity (Wildman–Crippen MR) is 390 cm³/mol. The minimum Gasteiger partial charge on any atom is -0.462 e. The van der Waals surface area contributed by atoms with E-state index in [2.05, 4.69) is 125 Å². The van der Waals surface area contributed by atoms with Gasteiger partial charge in [-0.2, -0.15) is 0 Å². The quantitative estimate of drug-likeness (QED) is 0.0169. The lowest BCUT2D eigenvalue weighted by Crippen LogP contribution is -2.30. The van der Waals surface area contributed by atoms with Gasteiger partial charge in [-0.15, -0.1) is 0 Å². The second-order valence-corrected chi connectivity index (χ2v) is 27.0. The van der Waals surface area contributed by atoms with Crippen molar-refractivity contribution < 1.29 is 80.2 Å². The number of phosphoric ester groups is 2. The summed E-state index contributed by atoms with van der Waals surface area (Å²) in [6, 6.07) is 0. The molecule has 0 aromatic heterocycles. The molecule has 17 nitrogen and oxygen atoms in total. The maximum atomic E-state index is 13.1. The predicted octanol–water partition coefficient (Wildman–Crippen LogP) is 20.8. The van der Waals surface area contributed by atoms with E-state index in [0.29, 0.717) is 25.7 Å². The number of carbonyl (C=O) groups excluding carboxylic acids is 4. The molecule has 0 radical (unpaired) electrons. The molecule has 0 aromatic carbocycles. The molecule has 0 spiro atoms. The maximum Gasteiger partial charge on any atom is 0.472 e. The number of esters is 4. The smallest absolute Gasteiger partial charge is 0.462 e. The summed E-state index contributed by atoms with van der Waals surface area (Å²) in [6.07, 6.45) is 73.8. The zero-order chi connectivity index (χ0) is 70.4. The molecule has 19 heteroatoms. The summed E-state index contributed by atoms with van der Waals surface area (Å²) in [6.45, 7) is 4.42. The van der Waals surface area contributed by atoms with E-state index in [1.807, 2.05) is 18.2 Å². The van der Waals surface area contributed by atoms with Gasteiger partial charge in [0.25, 0.3) is 0 Å². The Balaban J connectivity index is 5.39. The van der Waals surface area contributed by atoms with Crippen LogP contribution in [-0.2, 0) is 65.4 Å². The van der Waals surface area contributed by atoms with Gasteiger partial charge in [0, 0.05) is 19.3 Å². The van der Waals surface area contributed by atoms with Crippen molar-refractivity contribution in [1.82, 2.24) is 0 Å². The summed E-state index contributed by atoms with van der Waals surface area (Å²) in [5.74, 6) is -2.35. The zero-order valence-electron chi connectivity index (χ0n) is 59.8. The number of allylic oxidation sites excluding steroid dienone is 19. The standard InChI is InChI=1S/C77H130O17P2/c1-5-9-13-17-21-25-29-32-34-35-37-40-43-46-50-54-58-62-75(80)88-68-73(94-77(82)64-60-56-52-48-44-38-31-27-23-19-15-11-7-3)70-92-96(85,86)90-66-71(78)65-89-95(83,84)91-69-72(93-76(81)63-59-55-51-47-41-28-24-20-16-12-8-4)67-87-74(79)61-57-53-49-45-42-39-36-33-30-26-22-18-14-10-6-2/h9-10,13-15,19,21-22,25-27,31-34,36,42,45,53,57,71-73,78H,5-8,11-12,16-18,20,23-24,28-30,35,37-41,43-44,46-52,54-56,58-70H2,1-4H3,(H,83,84)(H,85,86)/b13-9-,14-10-,19-15-,25-21-,26-22-,31-27-,34-32-,36-33-,45-42-,57-53-. The summed E-state index contributed by atoms with van der Waals surface area (Å²) in [7, 11) is -9.97. The maximum absolute atomic E-state index is 13.1. The fraction of sp³-hybridized carbons (Fsp3) is 0.688. The molecular weight excluding hydrogens is 1260 g/mol. The Morgan fingerprint density at radius 1 is 0.312 bits per heavy atom. The average Bonchev–Trinajstić information content (AvgIpc) is 1.10. The number of carbonyl (C=O) groups is 4. The van der Waals surface area contributed by atoms with Crippen molar-refractivity contribution in [2.75, 3.05) is 39.6 Å². The Morgan fingerprint density at radius 2 is 0.604 bits per heavy atom. The summed E-state index contributed by atoms with van der Waals surface area (Å²) in [4.78, 5) is 72.6. The lowest BCUT2D eigenvalue weighted by molar-refractivity contribution is -0.161. The highest BCUT2D eigenvalue weighted by Crippen LogP contribution is 2.45. The summed E-state index contributed by atoms with van der Waals surface area (Å²) in [5.41, 5.74) is 0. The van der Waals surface area contributed by atoms with Gasteiger partial charge in [0.05, 0.1) is 32.8 Å². The van der Waals surface area contributed by atoms with Crippen LogP contribution in [0.5, 0.6) is 0 Å². The molecule has 5 unspecified atom stereocenters. The number of aliphatic hydroxyl groups is 1. The van der Waals surface area contributed by atoms with Crippen molar-refractivity contribution in [3.8, 4) is 0 Å². The Bertz CT molecular complexity index is 2300. The molecule has 0 saturated heterocycles. The van der Waals surface area contributed by atoms with Crippen LogP contribution in [0.15, 0.2) is 122 Å². The highest BCUT2D eigenvalue weighted by molar-refractivity contribution is 7.47. The van der Waals surface area contributed by atoms with Crippen molar-refractivity contribution in [3.05, 3.63) is 122 Å². The number of hydrogen-bond donors (Lipinski definition) is 3. The first-order valence-electron chi connectivity index (χ1n) is 36.8. The molecule has 0 aliphatic heterocycles. The van der Waals surface area contributed by atoms with Gasteiger partial charge in [-0.05, 0) is 109 Å². The van der Waals surface area contributed by atoms with E-state index in [1.54, 1.807) is 6.08 Å². The van der Waals surface area contributed by atoms with E-state index in [4.69, 9.17) is 37.0 Å². The molecule has 0 aliphatic carbocycles. The molecule has 0 heterocycles. The van der Waals surface area contributed by atoms with Crippen LogP contribution in [0.3, 0.4) is 0 Å². The van der Waals surface area contributed by atoms with E-state index in [0.717, 1.165) is 167 Å². The number of unbranched alkanes of at least 4 members (excludes halogenated alkanes) is 23. The van der Waals surface area contributed by atoms with Crippen molar-refractivity contribution >= 4 is 39.5 Å². The molecule has 0 rings (SSSR count). The van der Waals surface area contributed by atoms with E-state index >= 15 is 0 Å². The molecule has 0 saturated carbocycles. The number of rotatable bonds is 68. The van der Waals surface area contributed by atoms with E-state index in [-0.39, 0.29) is 25.7 Å². The third-order valence-corrected chi connectivity index (χ3v) is 16.8. The minimum atomic E-state index is -4.99. The van der Waals surface area contributed by atoms with Crippen LogP contribution < -0.4 is 0 Å². The number of hydrogen-bond acceptors (Lipinski definition) is 15. The van der Waals surface area contributed by atoms with E-state index < -0.39 is 97.5 Å². The molecular formula is C77H130O17P2. The van der Waals surface area contributed by atoms with Crippen molar-refractivity contribution in [1.29, 1.82) is 0 Å². The first-order valence-corrected chi connectivity index (χ1v) is 39.8. The Hall–Kier alpha value is -4.54. The number of phosphoric acid groups is 2. The topological polar surface area (TPSA) is 237 Å². The monoisotopic (exact) mass is 1390 g/mol. The second kappa shape index (κ2) is 69.0. The molecule has 0 aromatic rings. The second-order valence-electron chi connectivity index (χ2n) is 24.1. The largest absolute Gasteiger partial charge is 0.472 e. The SMILES string of the molecule is CC/C=C\C/C=C\C/C=C\C/C=C\C/C=C\CC(=O)OCC(COP(=O)(O)OCC(O)COP(=O)(O)OCC(COC(=O)CCCCCCCCC/C=C\C/C=C\C/C=C\CC)OC(=O)CCCCCCC/C=C\C/C=C\CCC)OC(=O)CCCCCCCCCCCCC. The van der Waals surface area contributed by atoms with Gasteiger partial charge in [-0.1, -0.05) is 271 Å². The van der Waals surface area contributed by atoms with Crippen molar-refractivity contribution in [2.24, 2.45) is 0 Å². The Kier molecular flexibility index (Phi) is 65.7. The van der Waals surface area contributed by atoms with Crippen LogP contribution in [-0.4, -0.2) is 96.7 Å². The molecule has 5 atom stereocenters. The van der Waals surface area contributed by atoms with Gasteiger partial charge < -0.3 is 33.8 Å². The molecule has 0 aliphatic rings. The fourth-order valence-electron chi connectivity index (χ4n) is 9.40. The van der Waals surface area contributed by atoms with Crippen LogP contribution in [0.25, 0.3) is 0 Å². The summed E-state index contributed by atoms with van der Waals surface area (Å²) < 4.78 is 68.2. The van der Waals surface area contributed by atoms with Gasteiger partial charge in [-0.3, -0.25) is 37.3 Å². The molecule has 96 heavy (non-hydrogen) atoms. The first kappa shape index (κ1) is 91.5. The lowest BCUT2D eigenvalue weighted by Gasteiger charge is -2.21. The van der Waals surface area contributed by atoms with Crippen LogP contribution in [0.1, 0.15) is 285 Å². The summed E-state index contributed by atoms with van der Waals surface area (Å²) in [5, 5.41) is 10.6. The fourth-order valence-corrected chi connectivity index (χ4v) is 11.0. The van der Waals surface area contributed by atoms with Gasteiger partial charge in [0.15, 0.2) is 12.2 Å². The molecule has 3 N–H and O–H groups in total. The number of ether oxygens (including phenoxy) is 4. The van der Waals surface area contributed by atoms with Crippen LogP contribution in [0.4, 0.5) is 0 Å². The first-order chi connectivity index (χ1) is 46.7. The Labute approximate surface area is 581 Å². The Morgan fingerprint density at radius 3 is 0.969 bits per heavy atom. The molecule has 0 bridgehead atoms. The van der Waals surface area contributed by atoms with Crippen molar-refractivity contribution in [3.63, 3.8) is 0 Å². The van der Waals surface area contributed by atoms with Crippen molar-refractivity contribution in [2.45, 2.75) is 303 Å².